The van der Waals surface area contributed by atoms with E-state index in [2.05, 4.69) is 0 Å². The van der Waals surface area contributed by atoms with Crippen molar-refractivity contribution in [1.29, 1.82) is 0 Å². The number of alkyl halides is 1. The SMILES string of the molecule is O=C(O)c1ccc(CCCCF)cc1O. The third-order valence-electron chi connectivity index (χ3n) is 2.14. The normalized spacial score (nSPS) is 10.2. The molecule has 0 unspecified atom stereocenters. The van der Waals surface area contributed by atoms with Crippen molar-refractivity contribution in [2.75, 3.05) is 6.67 Å². The number of rotatable bonds is 5. The average molecular weight is 212 g/mol. The van der Waals surface area contributed by atoms with Gasteiger partial charge in [-0.25, -0.2) is 4.79 Å². The van der Waals surface area contributed by atoms with Crippen LogP contribution in [0.25, 0.3) is 0 Å². The molecular formula is C11H13FO3. The molecule has 15 heavy (non-hydrogen) atoms. The van der Waals surface area contributed by atoms with Crippen LogP contribution in [0.1, 0.15) is 28.8 Å². The molecule has 0 aliphatic carbocycles. The van der Waals surface area contributed by atoms with Crippen molar-refractivity contribution in [2.24, 2.45) is 0 Å². The van der Waals surface area contributed by atoms with E-state index < -0.39 is 5.97 Å². The number of aryl methyl sites for hydroxylation is 1. The molecule has 0 saturated carbocycles. The molecule has 0 bridgehead atoms. The number of aromatic carboxylic acids is 1. The van der Waals surface area contributed by atoms with Crippen LogP contribution in [-0.2, 0) is 6.42 Å². The average Bonchev–Trinajstić information content (AvgIpc) is 2.17. The van der Waals surface area contributed by atoms with Crippen LogP contribution in [-0.4, -0.2) is 22.9 Å². The van der Waals surface area contributed by atoms with Gasteiger partial charge in [0, 0.05) is 0 Å². The zero-order valence-corrected chi connectivity index (χ0v) is 8.24. The standard InChI is InChI=1S/C11H13FO3/c12-6-2-1-3-8-4-5-9(11(14)15)10(13)7-8/h4-5,7,13H,1-3,6H2,(H,14,15). The molecule has 0 spiro atoms. The molecule has 0 radical (unpaired) electrons. The van der Waals surface area contributed by atoms with Gasteiger partial charge in [-0.3, -0.25) is 4.39 Å². The Kier molecular flexibility index (Phi) is 4.09. The van der Waals surface area contributed by atoms with Gasteiger partial charge in [0.05, 0.1) is 6.67 Å². The van der Waals surface area contributed by atoms with Gasteiger partial charge < -0.3 is 10.2 Å². The number of aromatic hydroxyl groups is 1. The minimum Gasteiger partial charge on any atom is -0.507 e. The predicted octanol–water partition coefficient (Wildman–Crippen LogP) is 2.38. The fraction of sp³-hybridized carbons (Fsp3) is 0.364. The van der Waals surface area contributed by atoms with Crippen molar-refractivity contribution in [3.8, 4) is 5.75 Å². The molecule has 1 aromatic carbocycles. The van der Waals surface area contributed by atoms with Crippen LogP contribution >= 0.6 is 0 Å². The number of carboxylic acids is 1. The van der Waals surface area contributed by atoms with E-state index in [1.165, 1.54) is 12.1 Å². The smallest absolute Gasteiger partial charge is 0.339 e. The van der Waals surface area contributed by atoms with Gasteiger partial charge in [0.1, 0.15) is 11.3 Å². The van der Waals surface area contributed by atoms with E-state index in [9.17, 15) is 14.3 Å². The van der Waals surface area contributed by atoms with Crippen LogP contribution in [0.5, 0.6) is 5.75 Å². The topological polar surface area (TPSA) is 57.5 Å². The number of halogens is 1. The first-order chi connectivity index (χ1) is 7.15. The van der Waals surface area contributed by atoms with Gasteiger partial charge >= 0.3 is 5.97 Å². The quantitative estimate of drug-likeness (QED) is 0.737. The Morgan fingerprint density at radius 1 is 1.33 bits per heavy atom. The van der Waals surface area contributed by atoms with Gasteiger partial charge in [-0.15, -0.1) is 0 Å². The Hall–Kier alpha value is -1.58. The van der Waals surface area contributed by atoms with Crippen LogP contribution in [0.4, 0.5) is 4.39 Å². The molecule has 1 aromatic rings. The number of carboxylic acid groups (broad SMARTS) is 1. The summed E-state index contributed by atoms with van der Waals surface area (Å²) in [6.45, 7) is -0.348. The Balaban J connectivity index is 2.69. The van der Waals surface area contributed by atoms with Crippen LogP contribution in [0.2, 0.25) is 0 Å². The molecule has 0 fully saturated rings. The van der Waals surface area contributed by atoms with Crippen LogP contribution in [0, 0.1) is 0 Å². The van der Waals surface area contributed by atoms with Crippen LogP contribution < -0.4 is 0 Å². The third kappa shape index (κ3) is 3.23. The number of hydrogen-bond acceptors (Lipinski definition) is 2. The van der Waals surface area contributed by atoms with Crippen molar-refractivity contribution < 1.29 is 19.4 Å². The summed E-state index contributed by atoms with van der Waals surface area (Å²) in [5.41, 5.74) is 0.718. The first kappa shape index (κ1) is 11.5. The zero-order chi connectivity index (χ0) is 11.3. The Labute approximate surface area is 87.2 Å². The molecule has 0 aliphatic rings. The fourth-order valence-electron chi connectivity index (χ4n) is 1.34. The Morgan fingerprint density at radius 3 is 2.60 bits per heavy atom. The molecule has 82 valence electrons. The highest BCUT2D eigenvalue weighted by Crippen LogP contribution is 2.19. The van der Waals surface area contributed by atoms with Crippen molar-refractivity contribution in [3.63, 3.8) is 0 Å². The summed E-state index contributed by atoms with van der Waals surface area (Å²) >= 11 is 0. The number of carbonyl (C=O) groups is 1. The molecule has 4 heteroatoms. The number of unbranched alkanes of at least 4 members (excludes halogenated alkanes) is 1. The lowest BCUT2D eigenvalue weighted by atomic mass is 10.1. The summed E-state index contributed by atoms with van der Waals surface area (Å²) < 4.78 is 11.8. The maximum absolute atomic E-state index is 11.8. The van der Waals surface area contributed by atoms with Gasteiger partial charge in [0.15, 0.2) is 0 Å². The lowest BCUT2D eigenvalue weighted by Crippen LogP contribution is -1.97. The Bertz CT molecular complexity index is 350. The maximum Gasteiger partial charge on any atom is 0.339 e. The predicted molar refractivity (Wildman–Crippen MR) is 54.0 cm³/mol. The number of phenols is 1. The zero-order valence-electron chi connectivity index (χ0n) is 8.24. The van der Waals surface area contributed by atoms with E-state index >= 15 is 0 Å². The van der Waals surface area contributed by atoms with Gasteiger partial charge in [-0.1, -0.05) is 6.07 Å². The summed E-state index contributed by atoms with van der Waals surface area (Å²) in [6.07, 6.45) is 1.83. The van der Waals surface area contributed by atoms with Crippen molar-refractivity contribution in [3.05, 3.63) is 29.3 Å². The fourth-order valence-corrected chi connectivity index (χ4v) is 1.34. The van der Waals surface area contributed by atoms with Gasteiger partial charge in [0.25, 0.3) is 0 Å². The Morgan fingerprint density at radius 2 is 2.07 bits per heavy atom. The molecule has 2 N–H and O–H groups in total. The summed E-state index contributed by atoms with van der Waals surface area (Å²) in [4.78, 5) is 10.6. The number of benzene rings is 1. The highest BCUT2D eigenvalue weighted by atomic mass is 19.1. The first-order valence-corrected chi connectivity index (χ1v) is 4.76. The highest BCUT2D eigenvalue weighted by Gasteiger charge is 2.09. The molecule has 0 aromatic heterocycles. The number of hydrogen-bond donors (Lipinski definition) is 2. The summed E-state index contributed by atoms with van der Waals surface area (Å²) in [5, 5.41) is 18.0. The first-order valence-electron chi connectivity index (χ1n) is 4.76. The van der Waals surface area contributed by atoms with E-state index in [1.54, 1.807) is 6.07 Å². The lowest BCUT2D eigenvalue weighted by molar-refractivity contribution is 0.0693. The summed E-state index contributed by atoms with van der Waals surface area (Å²) in [5.74, 6) is -1.39. The monoisotopic (exact) mass is 212 g/mol. The van der Waals surface area contributed by atoms with Crippen LogP contribution in [0.3, 0.4) is 0 Å². The van der Waals surface area contributed by atoms with Gasteiger partial charge in [0.2, 0.25) is 0 Å². The maximum atomic E-state index is 11.8. The van der Waals surface area contributed by atoms with Crippen LogP contribution in [0.15, 0.2) is 18.2 Å². The molecule has 0 amide bonds. The molecular weight excluding hydrogens is 199 g/mol. The van der Waals surface area contributed by atoms with E-state index in [0.29, 0.717) is 19.3 Å². The lowest BCUT2D eigenvalue weighted by Gasteiger charge is -2.03. The second-order valence-corrected chi connectivity index (χ2v) is 3.30. The molecule has 0 heterocycles. The van der Waals surface area contributed by atoms with Crippen molar-refractivity contribution in [1.82, 2.24) is 0 Å². The molecule has 0 atom stereocenters. The van der Waals surface area contributed by atoms with E-state index in [1.807, 2.05) is 0 Å². The van der Waals surface area contributed by atoms with Gasteiger partial charge in [-0.2, -0.15) is 0 Å². The highest BCUT2D eigenvalue weighted by molar-refractivity contribution is 5.90. The van der Waals surface area contributed by atoms with Gasteiger partial charge in [-0.05, 0) is 37.0 Å². The largest absolute Gasteiger partial charge is 0.507 e. The second-order valence-electron chi connectivity index (χ2n) is 3.30. The second kappa shape index (κ2) is 5.34. The van der Waals surface area contributed by atoms with Crippen molar-refractivity contribution >= 4 is 5.97 Å². The van der Waals surface area contributed by atoms with E-state index in [4.69, 9.17) is 5.11 Å². The molecule has 1 rings (SSSR count). The summed E-state index contributed by atoms with van der Waals surface area (Å²) in [6, 6.07) is 4.42. The minimum atomic E-state index is -1.15. The molecule has 0 aliphatic heterocycles. The summed E-state index contributed by atoms with van der Waals surface area (Å²) in [7, 11) is 0. The third-order valence-corrected chi connectivity index (χ3v) is 2.14. The molecule has 3 nitrogen and oxygen atoms in total. The van der Waals surface area contributed by atoms with E-state index in [0.717, 1.165) is 5.56 Å². The molecule has 0 saturated heterocycles. The van der Waals surface area contributed by atoms with Crippen molar-refractivity contribution in [2.45, 2.75) is 19.3 Å². The van der Waals surface area contributed by atoms with E-state index in [-0.39, 0.29) is 18.0 Å². The minimum absolute atomic E-state index is 0.107.